The maximum Gasteiger partial charge on any atom is 0.170 e. The second-order valence-electron chi connectivity index (χ2n) is 7.33. The SMILES string of the molecule is CN(C)CCN1C(=S)N[C@@H](c2ccccn2)[C@@H]1c1ccc(-c2ccc(Br)cc2)o1. The first kappa shape index (κ1) is 20.1. The van der Waals surface area contributed by atoms with Gasteiger partial charge in [0.1, 0.15) is 17.6 Å². The molecule has 2 atom stereocenters. The molecule has 7 heteroatoms. The molecular weight excluding hydrogens is 448 g/mol. The number of furan rings is 1. The molecule has 3 aromatic rings. The van der Waals surface area contributed by atoms with E-state index < -0.39 is 0 Å². The summed E-state index contributed by atoms with van der Waals surface area (Å²) >= 11 is 9.17. The van der Waals surface area contributed by atoms with Gasteiger partial charge < -0.3 is 19.5 Å². The highest BCUT2D eigenvalue weighted by atomic mass is 79.9. The molecule has 5 nitrogen and oxygen atoms in total. The van der Waals surface area contributed by atoms with Gasteiger partial charge in [-0.25, -0.2) is 0 Å². The molecule has 0 spiro atoms. The Kier molecular flexibility index (Phi) is 5.99. The topological polar surface area (TPSA) is 44.5 Å². The van der Waals surface area contributed by atoms with Crippen molar-refractivity contribution < 1.29 is 4.42 Å². The number of hydrogen-bond acceptors (Lipinski definition) is 4. The van der Waals surface area contributed by atoms with Gasteiger partial charge in [0, 0.05) is 29.3 Å². The number of benzene rings is 1. The van der Waals surface area contributed by atoms with Crippen molar-refractivity contribution in [1.82, 2.24) is 20.1 Å². The normalized spacial score (nSPS) is 19.0. The highest BCUT2D eigenvalue weighted by Crippen LogP contribution is 2.40. The fourth-order valence-corrected chi connectivity index (χ4v) is 4.14. The predicted molar refractivity (Wildman–Crippen MR) is 123 cm³/mol. The molecule has 1 aliphatic rings. The van der Waals surface area contributed by atoms with Crippen LogP contribution in [0.5, 0.6) is 0 Å². The molecule has 1 saturated heterocycles. The van der Waals surface area contributed by atoms with Crippen molar-refractivity contribution in [1.29, 1.82) is 0 Å². The molecule has 1 aromatic carbocycles. The minimum Gasteiger partial charge on any atom is -0.459 e. The van der Waals surface area contributed by atoms with Crippen LogP contribution in [0.2, 0.25) is 0 Å². The third-order valence-electron chi connectivity index (χ3n) is 5.03. The van der Waals surface area contributed by atoms with E-state index in [1.807, 2.05) is 54.7 Å². The Morgan fingerprint density at radius 1 is 1.14 bits per heavy atom. The Morgan fingerprint density at radius 3 is 2.62 bits per heavy atom. The van der Waals surface area contributed by atoms with E-state index in [4.69, 9.17) is 16.6 Å². The van der Waals surface area contributed by atoms with Crippen LogP contribution < -0.4 is 5.32 Å². The number of likely N-dealkylation sites (N-methyl/N-ethyl adjacent to an activating group) is 1. The molecule has 0 aliphatic carbocycles. The first-order valence-electron chi connectivity index (χ1n) is 9.51. The Hall–Kier alpha value is -2.22. The molecule has 29 heavy (non-hydrogen) atoms. The minimum absolute atomic E-state index is 0.0541. The summed E-state index contributed by atoms with van der Waals surface area (Å²) in [5.41, 5.74) is 2.00. The molecule has 0 amide bonds. The summed E-state index contributed by atoms with van der Waals surface area (Å²) in [6, 6.07) is 18.0. The van der Waals surface area contributed by atoms with Crippen molar-refractivity contribution in [2.75, 3.05) is 27.2 Å². The first-order chi connectivity index (χ1) is 14.0. The smallest absolute Gasteiger partial charge is 0.170 e. The van der Waals surface area contributed by atoms with Crippen molar-refractivity contribution in [2.24, 2.45) is 0 Å². The van der Waals surface area contributed by atoms with Crippen molar-refractivity contribution >= 4 is 33.3 Å². The van der Waals surface area contributed by atoms with Gasteiger partial charge in [0.15, 0.2) is 5.11 Å². The molecule has 3 heterocycles. The lowest BCUT2D eigenvalue weighted by atomic mass is 10.0. The minimum atomic E-state index is -0.0604. The summed E-state index contributed by atoms with van der Waals surface area (Å²) in [4.78, 5) is 8.93. The summed E-state index contributed by atoms with van der Waals surface area (Å²) in [6.45, 7) is 1.70. The van der Waals surface area contributed by atoms with Crippen LogP contribution in [0.15, 0.2) is 69.7 Å². The van der Waals surface area contributed by atoms with Crippen LogP contribution in [0.3, 0.4) is 0 Å². The summed E-state index contributed by atoms with van der Waals surface area (Å²) in [7, 11) is 4.13. The Balaban J connectivity index is 1.69. The van der Waals surface area contributed by atoms with Crippen LogP contribution in [0.4, 0.5) is 0 Å². The molecule has 0 saturated carbocycles. The van der Waals surface area contributed by atoms with Gasteiger partial charge in [0.05, 0.1) is 11.7 Å². The lowest BCUT2D eigenvalue weighted by Gasteiger charge is -2.27. The van der Waals surface area contributed by atoms with Crippen LogP contribution in [0.1, 0.15) is 23.5 Å². The van der Waals surface area contributed by atoms with Gasteiger partial charge in [0.2, 0.25) is 0 Å². The summed E-state index contributed by atoms with van der Waals surface area (Å²) in [5.74, 6) is 1.72. The van der Waals surface area contributed by atoms with Crippen LogP contribution in [0, 0.1) is 0 Å². The zero-order valence-electron chi connectivity index (χ0n) is 16.4. The van der Waals surface area contributed by atoms with Crippen LogP contribution in [0.25, 0.3) is 11.3 Å². The molecule has 2 aromatic heterocycles. The van der Waals surface area contributed by atoms with E-state index in [9.17, 15) is 0 Å². The standard InChI is InChI=1S/C22H23BrN4OS/c1-26(2)13-14-27-21(20(25-22(27)29)17-5-3-4-12-24-17)19-11-10-18(28-19)15-6-8-16(23)9-7-15/h3-12,20-21H,13-14H2,1-2H3,(H,25,29)/t20-,21-/m0/s1. The fourth-order valence-electron chi connectivity index (χ4n) is 3.54. The second-order valence-corrected chi connectivity index (χ2v) is 8.63. The Labute approximate surface area is 184 Å². The Morgan fingerprint density at radius 2 is 1.93 bits per heavy atom. The molecular formula is C22H23BrN4OS. The van der Waals surface area contributed by atoms with Gasteiger partial charge in [-0.05, 0) is 62.7 Å². The number of thiocarbonyl (C=S) groups is 1. The van der Waals surface area contributed by atoms with E-state index in [0.717, 1.165) is 45.5 Å². The summed E-state index contributed by atoms with van der Waals surface area (Å²) < 4.78 is 7.38. The largest absolute Gasteiger partial charge is 0.459 e. The fraction of sp³-hybridized carbons (Fsp3) is 0.273. The van der Waals surface area contributed by atoms with E-state index in [0.29, 0.717) is 0 Å². The third kappa shape index (κ3) is 4.37. The molecule has 0 radical (unpaired) electrons. The quantitative estimate of drug-likeness (QED) is 0.529. The van der Waals surface area contributed by atoms with Gasteiger partial charge in [-0.15, -0.1) is 0 Å². The lowest BCUT2D eigenvalue weighted by molar-refractivity contribution is 0.250. The molecule has 4 rings (SSSR count). The number of halogens is 1. The summed E-state index contributed by atoms with van der Waals surface area (Å²) in [6.07, 6.45) is 1.81. The molecule has 1 N–H and O–H groups in total. The van der Waals surface area contributed by atoms with Gasteiger partial charge in [-0.2, -0.15) is 0 Å². The van der Waals surface area contributed by atoms with Crippen LogP contribution in [-0.2, 0) is 0 Å². The molecule has 150 valence electrons. The van der Waals surface area contributed by atoms with E-state index in [2.05, 4.69) is 56.2 Å². The van der Waals surface area contributed by atoms with Gasteiger partial charge in [0.25, 0.3) is 0 Å². The molecule has 1 aliphatic heterocycles. The predicted octanol–water partition coefficient (Wildman–Crippen LogP) is 4.64. The first-order valence-corrected chi connectivity index (χ1v) is 10.7. The van der Waals surface area contributed by atoms with Crippen LogP contribution in [-0.4, -0.2) is 47.1 Å². The van der Waals surface area contributed by atoms with Crippen LogP contribution >= 0.6 is 28.1 Å². The van der Waals surface area contributed by atoms with E-state index in [1.165, 1.54) is 0 Å². The molecule has 0 bridgehead atoms. The lowest BCUT2D eigenvalue weighted by Crippen LogP contribution is -2.35. The number of pyridine rings is 1. The van der Waals surface area contributed by atoms with Crippen molar-refractivity contribution in [3.63, 3.8) is 0 Å². The second kappa shape index (κ2) is 8.65. The van der Waals surface area contributed by atoms with Gasteiger partial charge >= 0.3 is 0 Å². The molecule has 0 unspecified atom stereocenters. The maximum absolute atomic E-state index is 6.33. The molecule has 1 fully saturated rings. The average molecular weight is 471 g/mol. The number of nitrogens with zero attached hydrogens (tertiary/aromatic N) is 3. The Bertz CT molecular complexity index is 974. The average Bonchev–Trinajstić information content (AvgIpc) is 3.32. The van der Waals surface area contributed by atoms with Gasteiger partial charge in [-0.1, -0.05) is 34.1 Å². The van der Waals surface area contributed by atoms with E-state index >= 15 is 0 Å². The zero-order chi connectivity index (χ0) is 20.4. The number of hydrogen-bond donors (Lipinski definition) is 1. The highest BCUT2D eigenvalue weighted by Gasteiger charge is 2.41. The monoisotopic (exact) mass is 470 g/mol. The number of rotatable bonds is 6. The van der Waals surface area contributed by atoms with E-state index in [-0.39, 0.29) is 12.1 Å². The summed E-state index contributed by atoms with van der Waals surface area (Å²) in [5, 5.41) is 4.19. The van der Waals surface area contributed by atoms with Crippen molar-refractivity contribution in [2.45, 2.75) is 12.1 Å². The highest BCUT2D eigenvalue weighted by molar-refractivity contribution is 9.10. The van der Waals surface area contributed by atoms with Crippen molar-refractivity contribution in [3.8, 4) is 11.3 Å². The third-order valence-corrected chi connectivity index (χ3v) is 5.91. The van der Waals surface area contributed by atoms with E-state index in [1.54, 1.807) is 0 Å². The van der Waals surface area contributed by atoms with Gasteiger partial charge in [-0.3, -0.25) is 4.98 Å². The zero-order valence-corrected chi connectivity index (χ0v) is 18.8. The number of nitrogens with one attached hydrogen (secondary N) is 1. The maximum atomic E-state index is 6.33. The number of aromatic nitrogens is 1. The van der Waals surface area contributed by atoms with Crippen molar-refractivity contribution in [3.05, 3.63) is 76.7 Å².